The van der Waals surface area contributed by atoms with Gasteiger partial charge in [-0.2, -0.15) is 5.26 Å². The third-order valence-corrected chi connectivity index (χ3v) is 3.24. The lowest BCUT2D eigenvalue weighted by Crippen LogP contribution is -2.10. The van der Waals surface area contributed by atoms with Gasteiger partial charge in [-0.1, -0.05) is 51.9 Å². The fourth-order valence-corrected chi connectivity index (χ4v) is 2.00. The van der Waals surface area contributed by atoms with Crippen molar-refractivity contribution in [2.45, 2.75) is 64.7 Å². The van der Waals surface area contributed by atoms with Gasteiger partial charge in [0.25, 0.3) is 0 Å². The molecule has 4 nitrogen and oxygen atoms in total. The van der Waals surface area contributed by atoms with Crippen LogP contribution in [-0.2, 0) is 14.2 Å². The third-order valence-electron chi connectivity index (χ3n) is 3.24. The van der Waals surface area contributed by atoms with Gasteiger partial charge in [-0.3, -0.25) is 0 Å². The van der Waals surface area contributed by atoms with E-state index >= 15 is 0 Å². The van der Waals surface area contributed by atoms with Crippen LogP contribution in [0.3, 0.4) is 0 Å². The first-order valence-corrected chi connectivity index (χ1v) is 8.52. The Morgan fingerprint density at radius 2 is 1.10 bits per heavy atom. The summed E-state index contributed by atoms with van der Waals surface area (Å²) in [5.41, 5.74) is 0. The molecule has 124 valence electrons. The third kappa shape index (κ3) is 19.4. The quantitative estimate of drug-likeness (QED) is 0.380. The first kappa shape index (κ1) is 20.4. The molecule has 0 spiro atoms. The summed E-state index contributed by atoms with van der Waals surface area (Å²) >= 11 is 0. The predicted octanol–water partition coefficient (Wildman–Crippen LogP) is 4.09. The second kappa shape index (κ2) is 19.4. The Morgan fingerprint density at radius 1 is 0.619 bits per heavy atom. The fraction of sp³-hybridized carbons (Fsp3) is 0.941. The van der Waals surface area contributed by atoms with Crippen LogP contribution in [0, 0.1) is 11.3 Å². The Balaban J connectivity index is 2.92. The average Bonchev–Trinajstić information content (AvgIpc) is 2.50. The van der Waals surface area contributed by atoms with Gasteiger partial charge in [0.2, 0.25) is 0 Å². The second-order valence-corrected chi connectivity index (χ2v) is 5.22. The van der Waals surface area contributed by atoms with E-state index in [0.717, 1.165) is 13.0 Å². The molecule has 0 rings (SSSR count). The zero-order valence-electron chi connectivity index (χ0n) is 13.8. The van der Waals surface area contributed by atoms with Gasteiger partial charge < -0.3 is 14.2 Å². The van der Waals surface area contributed by atoms with Crippen LogP contribution in [0.5, 0.6) is 0 Å². The molecule has 0 bridgehead atoms. The lowest BCUT2D eigenvalue weighted by molar-refractivity contribution is 0.0148. The first-order valence-electron chi connectivity index (χ1n) is 8.52. The molecule has 0 N–H and O–H groups in total. The molecule has 0 aromatic carbocycles. The molecule has 0 saturated carbocycles. The van der Waals surface area contributed by atoms with Gasteiger partial charge in [0, 0.05) is 6.61 Å². The summed E-state index contributed by atoms with van der Waals surface area (Å²) < 4.78 is 16.1. The van der Waals surface area contributed by atoms with E-state index in [-0.39, 0.29) is 0 Å². The Labute approximate surface area is 130 Å². The maximum Gasteiger partial charge on any atom is 0.0701 e. The maximum absolute atomic E-state index is 8.31. The Bertz CT molecular complexity index is 229. The Kier molecular flexibility index (Phi) is 18.8. The minimum atomic E-state index is 0.446. The molecule has 0 fully saturated rings. The van der Waals surface area contributed by atoms with Crippen molar-refractivity contribution in [2.24, 2.45) is 0 Å². The van der Waals surface area contributed by atoms with Crippen molar-refractivity contribution >= 4 is 0 Å². The van der Waals surface area contributed by atoms with Crippen molar-refractivity contribution in [3.63, 3.8) is 0 Å². The van der Waals surface area contributed by atoms with Crippen molar-refractivity contribution in [2.75, 3.05) is 39.6 Å². The normalized spacial score (nSPS) is 10.7. The summed E-state index contributed by atoms with van der Waals surface area (Å²) in [6.45, 7) is 6.01. The van der Waals surface area contributed by atoms with Crippen LogP contribution in [0.25, 0.3) is 0 Å². The second-order valence-electron chi connectivity index (χ2n) is 5.22. The fourth-order valence-electron chi connectivity index (χ4n) is 2.00. The summed E-state index contributed by atoms with van der Waals surface area (Å²) in [4.78, 5) is 0. The molecule has 21 heavy (non-hydrogen) atoms. The molecule has 0 aromatic heterocycles. The molecule has 0 unspecified atom stereocenters. The van der Waals surface area contributed by atoms with Crippen LogP contribution < -0.4 is 0 Å². The van der Waals surface area contributed by atoms with Gasteiger partial charge in [-0.05, 0) is 6.42 Å². The van der Waals surface area contributed by atoms with Gasteiger partial charge >= 0.3 is 0 Å². The summed E-state index contributed by atoms with van der Waals surface area (Å²) in [5, 5.41) is 8.31. The van der Waals surface area contributed by atoms with Crippen LogP contribution in [0.4, 0.5) is 0 Å². The van der Waals surface area contributed by atoms with E-state index in [2.05, 4.69) is 6.92 Å². The molecule has 0 amide bonds. The summed E-state index contributed by atoms with van der Waals surface area (Å²) in [7, 11) is 0. The number of hydrogen-bond donors (Lipinski definition) is 0. The molecule has 0 aliphatic heterocycles. The molecule has 0 aliphatic rings. The van der Waals surface area contributed by atoms with E-state index in [0.29, 0.717) is 39.5 Å². The van der Waals surface area contributed by atoms with Crippen LogP contribution >= 0.6 is 0 Å². The first-order chi connectivity index (χ1) is 10.4. The van der Waals surface area contributed by atoms with Crippen molar-refractivity contribution in [1.82, 2.24) is 0 Å². The highest BCUT2D eigenvalue weighted by molar-refractivity contribution is 4.66. The minimum Gasteiger partial charge on any atom is -0.379 e. The number of nitriles is 1. The van der Waals surface area contributed by atoms with Crippen molar-refractivity contribution in [3.8, 4) is 6.07 Å². The van der Waals surface area contributed by atoms with Crippen molar-refractivity contribution in [3.05, 3.63) is 0 Å². The highest BCUT2D eigenvalue weighted by Gasteiger charge is 1.93. The molecular formula is C17H33NO3. The Morgan fingerprint density at radius 3 is 1.67 bits per heavy atom. The molecule has 0 heterocycles. The topological polar surface area (TPSA) is 51.5 Å². The van der Waals surface area contributed by atoms with Crippen molar-refractivity contribution < 1.29 is 14.2 Å². The smallest absolute Gasteiger partial charge is 0.0701 e. The minimum absolute atomic E-state index is 0.446. The van der Waals surface area contributed by atoms with Crippen molar-refractivity contribution in [1.29, 1.82) is 5.26 Å². The van der Waals surface area contributed by atoms with Crippen LogP contribution in [-0.4, -0.2) is 39.6 Å². The number of ether oxygens (including phenoxy) is 3. The highest BCUT2D eigenvalue weighted by Crippen LogP contribution is 2.08. The average molecular weight is 299 g/mol. The number of nitrogens with zero attached hydrogens (tertiary/aromatic N) is 1. The van der Waals surface area contributed by atoms with Gasteiger partial charge in [-0.15, -0.1) is 0 Å². The standard InChI is InChI=1S/C17H33NO3/c1-2-3-4-5-6-7-8-9-12-19-14-16-21-17-15-20-13-10-11-18/h2-10,12-17H2,1H3. The number of hydrogen-bond acceptors (Lipinski definition) is 4. The van der Waals surface area contributed by atoms with Gasteiger partial charge in [0.05, 0.1) is 45.5 Å². The van der Waals surface area contributed by atoms with E-state index in [1.807, 2.05) is 6.07 Å². The molecule has 0 atom stereocenters. The van der Waals surface area contributed by atoms with Crippen LogP contribution in [0.15, 0.2) is 0 Å². The van der Waals surface area contributed by atoms with Crippen LogP contribution in [0.1, 0.15) is 64.7 Å². The zero-order valence-corrected chi connectivity index (χ0v) is 13.8. The molecular weight excluding hydrogens is 266 g/mol. The summed E-state index contributed by atoms with van der Waals surface area (Å²) in [6, 6.07) is 2.03. The molecule has 0 radical (unpaired) electrons. The molecule has 0 aromatic rings. The van der Waals surface area contributed by atoms with E-state index in [4.69, 9.17) is 19.5 Å². The lowest BCUT2D eigenvalue weighted by atomic mass is 10.1. The molecule has 0 aliphatic carbocycles. The van der Waals surface area contributed by atoms with E-state index < -0.39 is 0 Å². The largest absolute Gasteiger partial charge is 0.379 e. The highest BCUT2D eigenvalue weighted by atomic mass is 16.5. The summed E-state index contributed by atoms with van der Waals surface area (Å²) in [5.74, 6) is 0. The van der Waals surface area contributed by atoms with E-state index in [9.17, 15) is 0 Å². The maximum atomic E-state index is 8.31. The van der Waals surface area contributed by atoms with Crippen LogP contribution in [0.2, 0.25) is 0 Å². The number of unbranched alkanes of at least 4 members (excludes halogenated alkanes) is 7. The van der Waals surface area contributed by atoms with Gasteiger partial charge in [0.15, 0.2) is 0 Å². The van der Waals surface area contributed by atoms with E-state index in [1.165, 1.54) is 44.9 Å². The SMILES string of the molecule is CCCCCCCCCCOCCOCCOCCC#N. The predicted molar refractivity (Wildman–Crippen MR) is 85.3 cm³/mol. The van der Waals surface area contributed by atoms with E-state index in [1.54, 1.807) is 0 Å². The molecule has 0 saturated heterocycles. The Hall–Kier alpha value is -0.630. The lowest BCUT2D eigenvalue weighted by Gasteiger charge is -2.06. The number of rotatable bonds is 17. The van der Waals surface area contributed by atoms with Gasteiger partial charge in [-0.25, -0.2) is 0 Å². The summed E-state index contributed by atoms with van der Waals surface area (Å²) in [6.07, 6.45) is 11.1. The molecule has 4 heteroatoms. The zero-order chi connectivity index (χ0) is 15.4. The monoisotopic (exact) mass is 299 g/mol. The van der Waals surface area contributed by atoms with Gasteiger partial charge in [0.1, 0.15) is 0 Å².